The Morgan fingerprint density at radius 1 is 0.424 bits per heavy atom. The number of carbonyl (C=O) groups excluding carboxylic acids is 1. The van der Waals surface area contributed by atoms with Crippen LogP contribution in [0.5, 0.6) is 0 Å². The van der Waals surface area contributed by atoms with E-state index >= 15 is 0 Å². The van der Waals surface area contributed by atoms with Crippen LogP contribution in [0.25, 0.3) is 0 Å². The van der Waals surface area contributed by atoms with E-state index in [4.69, 9.17) is 4.74 Å². The van der Waals surface area contributed by atoms with Crippen molar-refractivity contribution in [3.8, 4) is 0 Å². The Kier molecular flexibility index (Phi) is 34.2. The van der Waals surface area contributed by atoms with Gasteiger partial charge in [-0.2, -0.15) is 0 Å². The van der Waals surface area contributed by atoms with Crippen molar-refractivity contribution in [2.45, 2.75) is 181 Å². The molecule has 0 aliphatic carbocycles. The molecule has 0 N–H and O–H groups in total. The zero-order chi connectivity index (χ0) is 23.4. The van der Waals surface area contributed by atoms with Crippen LogP contribution in [-0.2, 0) is 9.53 Å². The molecule has 0 spiro atoms. The molecule has 0 aromatic rings. The summed E-state index contributed by atoms with van der Waals surface area (Å²) in [5, 5.41) is 0. The summed E-state index contributed by atoms with van der Waals surface area (Å²) in [5.74, 6) is 0.0237. The fraction of sp³-hybridized carbons (Fsp3) is 0.967. The predicted molar refractivity (Wildman–Crippen MR) is 149 cm³/mol. The predicted octanol–water partition coefficient (Wildman–Crippen LogP) is 10.1. The van der Waals surface area contributed by atoms with Gasteiger partial charge in [-0.05, 0) is 12.8 Å². The van der Waals surface area contributed by atoms with Crippen LogP contribution in [0.4, 0.5) is 0 Å². The average molecular weight is 461 g/mol. The van der Waals surface area contributed by atoms with Crippen LogP contribution in [0.3, 0.4) is 0 Å². The molecule has 0 saturated heterocycles. The molecule has 194 valence electrons. The van der Waals surface area contributed by atoms with E-state index < -0.39 is 0 Å². The Labute approximate surface area is 221 Å². The second-order valence-corrected chi connectivity index (χ2v) is 10.1. The van der Waals surface area contributed by atoms with Gasteiger partial charge in [-0.1, -0.05) is 162 Å². The minimum atomic E-state index is 0. The van der Waals surface area contributed by atoms with Gasteiger partial charge in [0.1, 0.15) is 0 Å². The molecule has 2 nitrogen and oxygen atoms in total. The van der Waals surface area contributed by atoms with Crippen LogP contribution in [0.1, 0.15) is 181 Å². The quantitative estimate of drug-likeness (QED) is 0.0692. The van der Waals surface area contributed by atoms with Crippen molar-refractivity contribution in [1.29, 1.82) is 0 Å². The third-order valence-electron chi connectivity index (χ3n) is 6.75. The van der Waals surface area contributed by atoms with Gasteiger partial charge in [0, 0.05) is 6.42 Å². The summed E-state index contributed by atoms with van der Waals surface area (Å²) in [4.78, 5) is 11.8. The molecule has 33 heavy (non-hydrogen) atoms. The Bertz CT molecular complexity index is 359. The second kappa shape index (κ2) is 32.1. The molecule has 3 heteroatoms. The molecular weight excluding hydrogens is 399 g/mol. The summed E-state index contributed by atoms with van der Waals surface area (Å²) >= 11 is 0. The van der Waals surface area contributed by atoms with Gasteiger partial charge in [0.25, 0.3) is 0 Å². The van der Waals surface area contributed by atoms with Crippen molar-refractivity contribution in [1.82, 2.24) is 0 Å². The Morgan fingerprint density at radius 2 is 0.697 bits per heavy atom. The molecule has 0 aliphatic rings. The first-order valence-corrected chi connectivity index (χ1v) is 15.0. The molecule has 0 fully saturated rings. The van der Waals surface area contributed by atoms with E-state index in [0.717, 1.165) is 12.8 Å². The fourth-order valence-electron chi connectivity index (χ4n) is 4.49. The van der Waals surface area contributed by atoms with E-state index in [0.29, 0.717) is 13.0 Å². The Balaban J connectivity index is 0. The summed E-state index contributed by atoms with van der Waals surface area (Å²) in [6, 6.07) is 0. The van der Waals surface area contributed by atoms with E-state index in [1.165, 1.54) is 148 Å². The van der Waals surface area contributed by atoms with E-state index in [1.807, 2.05) is 0 Å². The van der Waals surface area contributed by atoms with E-state index in [1.54, 1.807) is 0 Å². The van der Waals surface area contributed by atoms with Crippen LogP contribution < -0.4 is 0 Å². The summed E-state index contributed by atoms with van der Waals surface area (Å²) < 4.78 is 5.39. The molecular formula is C30H61LiO2. The van der Waals surface area contributed by atoms with E-state index in [9.17, 15) is 4.79 Å². The molecule has 0 aromatic heterocycles. The molecule has 0 aromatic carbocycles. The standard InChI is InChI=1S/C30H60O2.Li.H/c1-3-5-7-9-11-13-15-16-17-18-19-20-22-24-26-28-30(31)32-29-27-25-23-21-14-12-10-8-6-4-2;;/h3-29H2,1-2H3;;. The zero-order valence-electron chi connectivity index (χ0n) is 22.4. The molecule has 0 aliphatic heterocycles. The molecule has 0 saturated carbocycles. The maximum absolute atomic E-state index is 11.8. The van der Waals surface area contributed by atoms with Crippen molar-refractivity contribution in [3.63, 3.8) is 0 Å². The Morgan fingerprint density at radius 3 is 1.03 bits per heavy atom. The summed E-state index contributed by atoms with van der Waals surface area (Å²) in [5.41, 5.74) is 0. The van der Waals surface area contributed by atoms with Gasteiger partial charge in [0.15, 0.2) is 0 Å². The molecule has 0 rings (SSSR count). The second-order valence-electron chi connectivity index (χ2n) is 10.1. The van der Waals surface area contributed by atoms with Gasteiger partial charge in [0.2, 0.25) is 0 Å². The van der Waals surface area contributed by atoms with Crippen LogP contribution in [-0.4, -0.2) is 31.4 Å². The number of hydrogen-bond acceptors (Lipinski definition) is 2. The first-order valence-electron chi connectivity index (χ1n) is 15.0. The third kappa shape index (κ3) is 32.1. The fourth-order valence-corrected chi connectivity index (χ4v) is 4.49. The Hall–Kier alpha value is 0.0674. The third-order valence-corrected chi connectivity index (χ3v) is 6.75. The summed E-state index contributed by atoms with van der Waals surface area (Å²) in [7, 11) is 0. The van der Waals surface area contributed by atoms with Gasteiger partial charge in [-0.3, -0.25) is 4.79 Å². The molecule has 0 heterocycles. The van der Waals surface area contributed by atoms with E-state index in [2.05, 4.69) is 13.8 Å². The number of carbonyl (C=O) groups is 1. The van der Waals surface area contributed by atoms with Crippen molar-refractivity contribution in [2.75, 3.05) is 6.61 Å². The van der Waals surface area contributed by atoms with Crippen molar-refractivity contribution >= 4 is 24.8 Å². The SMILES string of the molecule is CCCCCCCCCCCCCCCCCC(=O)OCCCCCCCCCCCC.[LiH]. The van der Waals surface area contributed by atoms with Crippen LogP contribution >= 0.6 is 0 Å². The topological polar surface area (TPSA) is 26.3 Å². The van der Waals surface area contributed by atoms with Gasteiger partial charge in [-0.15, -0.1) is 0 Å². The number of esters is 1. The number of unbranched alkanes of at least 4 members (excludes halogenated alkanes) is 23. The van der Waals surface area contributed by atoms with Crippen molar-refractivity contribution in [3.05, 3.63) is 0 Å². The molecule has 0 atom stereocenters. The zero-order valence-corrected chi connectivity index (χ0v) is 22.4. The van der Waals surface area contributed by atoms with Crippen LogP contribution in [0, 0.1) is 0 Å². The van der Waals surface area contributed by atoms with Gasteiger partial charge < -0.3 is 4.74 Å². The van der Waals surface area contributed by atoms with E-state index in [-0.39, 0.29) is 24.8 Å². The van der Waals surface area contributed by atoms with Crippen LogP contribution in [0.15, 0.2) is 0 Å². The molecule has 0 radical (unpaired) electrons. The van der Waals surface area contributed by atoms with Crippen molar-refractivity contribution in [2.24, 2.45) is 0 Å². The normalized spacial score (nSPS) is 10.8. The number of rotatable bonds is 27. The monoisotopic (exact) mass is 460 g/mol. The van der Waals surface area contributed by atoms with Crippen LogP contribution in [0.2, 0.25) is 0 Å². The van der Waals surface area contributed by atoms with Crippen molar-refractivity contribution < 1.29 is 9.53 Å². The first kappa shape index (κ1) is 35.2. The first-order chi connectivity index (χ1) is 15.8. The summed E-state index contributed by atoms with van der Waals surface area (Å²) in [6.07, 6.45) is 34.2. The molecule has 0 amide bonds. The maximum atomic E-state index is 11.8. The molecule has 0 bridgehead atoms. The number of ether oxygens (including phenoxy) is 1. The van der Waals surface area contributed by atoms with Gasteiger partial charge >= 0.3 is 24.8 Å². The number of hydrogen-bond donors (Lipinski definition) is 0. The summed E-state index contributed by atoms with van der Waals surface area (Å²) in [6.45, 7) is 5.19. The van der Waals surface area contributed by atoms with Gasteiger partial charge in [0.05, 0.1) is 6.61 Å². The minimum absolute atomic E-state index is 0. The molecule has 0 unspecified atom stereocenters. The van der Waals surface area contributed by atoms with Gasteiger partial charge in [-0.25, -0.2) is 0 Å². The average Bonchev–Trinajstić information content (AvgIpc) is 2.80.